The number of carbonyl (C=O) groups is 1. The first kappa shape index (κ1) is 17.7. The largest absolute Gasteiger partial charge is 0.334 e. The maximum Gasteiger partial charge on any atom is 0.319 e. The summed E-state index contributed by atoms with van der Waals surface area (Å²) in [6, 6.07) is 21.4. The topological polar surface area (TPSA) is 66.9 Å². The van der Waals surface area contributed by atoms with Crippen molar-refractivity contribution in [2.75, 3.05) is 5.32 Å². The van der Waals surface area contributed by atoms with Crippen molar-refractivity contribution in [3.8, 4) is 11.1 Å². The molecule has 2 aromatic carbocycles. The number of fused-ring (bicyclic) bond motifs is 1. The molecule has 0 atom stereocenters. The average molecular weight is 368 g/mol. The zero-order chi connectivity index (χ0) is 19.3. The SMILES string of the molecule is Cc1cc(-c2ccc(NC(=O)NCc3ccnc4ccccc34)cc2)ccn1. The van der Waals surface area contributed by atoms with Gasteiger partial charge in [-0.25, -0.2) is 4.79 Å². The van der Waals surface area contributed by atoms with E-state index in [9.17, 15) is 4.79 Å². The molecule has 0 aliphatic rings. The van der Waals surface area contributed by atoms with Gasteiger partial charge in [0.25, 0.3) is 0 Å². The molecule has 0 saturated heterocycles. The highest BCUT2D eigenvalue weighted by Gasteiger charge is 2.05. The highest BCUT2D eigenvalue weighted by molar-refractivity contribution is 5.90. The molecule has 0 spiro atoms. The van der Waals surface area contributed by atoms with Gasteiger partial charge in [-0.2, -0.15) is 0 Å². The molecule has 5 nitrogen and oxygen atoms in total. The van der Waals surface area contributed by atoms with Crippen LogP contribution >= 0.6 is 0 Å². The van der Waals surface area contributed by atoms with Gasteiger partial charge in [-0.3, -0.25) is 9.97 Å². The maximum absolute atomic E-state index is 12.3. The highest BCUT2D eigenvalue weighted by atomic mass is 16.2. The fraction of sp³-hybridized carbons (Fsp3) is 0.0870. The lowest BCUT2D eigenvalue weighted by atomic mass is 10.1. The first-order valence-corrected chi connectivity index (χ1v) is 9.09. The number of nitrogens with zero attached hydrogens (tertiary/aromatic N) is 2. The number of hydrogen-bond donors (Lipinski definition) is 2. The minimum absolute atomic E-state index is 0.242. The molecule has 2 heterocycles. The molecule has 138 valence electrons. The van der Waals surface area contributed by atoms with E-state index < -0.39 is 0 Å². The van der Waals surface area contributed by atoms with Gasteiger partial charge in [0.15, 0.2) is 0 Å². The molecule has 0 radical (unpaired) electrons. The van der Waals surface area contributed by atoms with Gasteiger partial charge in [0.2, 0.25) is 0 Å². The van der Waals surface area contributed by atoms with Crippen LogP contribution in [-0.4, -0.2) is 16.0 Å². The third-order valence-corrected chi connectivity index (χ3v) is 4.55. The van der Waals surface area contributed by atoms with E-state index in [4.69, 9.17) is 0 Å². The Morgan fingerprint density at radius 1 is 0.893 bits per heavy atom. The molecule has 2 aromatic heterocycles. The monoisotopic (exact) mass is 368 g/mol. The molecule has 2 amide bonds. The van der Waals surface area contributed by atoms with Gasteiger partial charge < -0.3 is 10.6 Å². The summed E-state index contributed by atoms with van der Waals surface area (Å²) in [5, 5.41) is 6.82. The molecule has 28 heavy (non-hydrogen) atoms. The molecule has 0 unspecified atom stereocenters. The smallest absolute Gasteiger partial charge is 0.319 e. The van der Waals surface area contributed by atoms with Crippen LogP contribution in [-0.2, 0) is 6.54 Å². The number of aromatic nitrogens is 2. The summed E-state index contributed by atoms with van der Waals surface area (Å²) in [7, 11) is 0. The number of anilines is 1. The molecule has 5 heteroatoms. The van der Waals surface area contributed by atoms with Crippen LogP contribution in [0.1, 0.15) is 11.3 Å². The van der Waals surface area contributed by atoms with Crippen molar-refractivity contribution >= 4 is 22.6 Å². The summed E-state index contributed by atoms with van der Waals surface area (Å²) in [5.74, 6) is 0. The standard InChI is InChI=1S/C23H20N4O/c1-16-14-18(10-12-24-16)17-6-8-20(9-7-17)27-23(28)26-15-19-11-13-25-22-5-3-2-4-21(19)22/h2-14H,15H2,1H3,(H2,26,27,28). The number of aryl methyl sites for hydroxylation is 1. The van der Waals surface area contributed by atoms with Crippen molar-refractivity contribution in [1.82, 2.24) is 15.3 Å². The fourth-order valence-electron chi connectivity index (χ4n) is 3.13. The van der Waals surface area contributed by atoms with E-state index in [-0.39, 0.29) is 6.03 Å². The number of carbonyl (C=O) groups excluding carboxylic acids is 1. The maximum atomic E-state index is 12.3. The molecule has 0 saturated carbocycles. The molecular weight excluding hydrogens is 348 g/mol. The van der Waals surface area contributed by atoms with Crippen LogP contribution < -0.4 is 10.6 Å². The van der Waals surface area contributed by atoms with E-state index >= 15 is 0 Å². The molecule has 2 N–H and O–H groups in total. The van der Waals surface area contributed by atoms with Crippen molar-refractivity contribution in [3.05, 3.63) is 90.4 Å². The molecule has 0 fully saturated rings. The second-order valence-corrected chi connectivity index (χ2v) is 6.56. The molecule has 0 aliphatic carbocycles. The second kappa shape index (κ2) is 7.88. The second-order valence-electron chi connectivity index (χ2n) is 6.56. The van der Waals surface area contributed by atoms with Crippen LogP contribution in [0.25, 0.3) is 22.0 Å². The number of rotatable bonds is 4. The van der Waals surface area contributed by atoms with Crippen LogP contribution in [0.4, 0.5) is 10.5 Å². The lowest BCUT2D eigenvalue weighted by molar-refractivity contribution is 0.252. The number of nitrogens with one attached hydrogen (secondary N) is 2. The van der Waals surface area contributed by atoms with E-state index in [0.717, 1.165) is 39.0 Å². The zero-order valence-corrected chi connectivity index (χ0v) is 15.5. The Hall–Kier alpha value is -3.73. The summed E-state index contributed by atoms with van der Waals surface area (Å²) < 4.78 is 0. The van der Waals surface area contributed by atoms with Crippen molar-refractivity contribution in [1.29, 1.82) is 0 Å². The minimum Gasteiger partial charge on any atom is -0.334 e. The molecular formula is C23H20N4O. The van der Waals surface area contributed by atoms with Gasteiger partial charge in [0.1, 0.15) is 0 Å². The molecule has 0 aliphatic heterocycles. The van der Waals surface area contributed by atoms with E-state index in [1.807, 2.05) is 73.7 Å². The number of benzene rings is 2. The van der Waals surface area contributed by atoms with Crippen LogP contribution in [0.2, 0.25) is 0 Å². The fourth-order valence-corrected chi connectivity index (χ4v) is 3.13. The lowest BCUT2D eigenvalue weighted by Gasteiger charge is -2.10. The number of hydrogen-bond acceptors (Lipinski definition) is 3. The van der Waals surface area contributed by atoms with Crippen molar-refractivity contribution in [2.24, 2.45) is 0 Å². The van der Waals surface area contributed by atoms with E-state index in [1.165, 1.54) is 0 Å². The van der Waals surface area contributed by atoms with E-state index in [2.05, 4.69) is 20.6 Å². The van der Waals surface area contributed by atoms with Crippen LogP contribution in [0.5, 0.6) is 0 Å². The Labute approximate surface area is 163 Å². The number of amides is 2. The summed E-state index contributed by atoms with van der Waals surface area (Å²) in [4.78, 5) is 20.8. The highest BCUT2D eigenvalue weighted by Crippen LogP contribution is 2.21. The minimum atomic E-state index is -0.242. The van der Waals surface area contributed by atoms with Gasteiger partial charge in [0, 0.05) is 35.7 Å². The predicted molar refractivity (Wildman–Crippen MR) is 112 cm³/mol. The first-order valence-electron chi connectivity index (χ1n) is 9.09. The summed E-state index contributed by atoms with van der Waals surface area (Å²) in [6.45, 7) is 2.40. The number of pyridine rings is 2. The zero-order valence-electron chi connectivity index (χ0n) is 15.5. The van der Waals surface area contributed by atoms with Crippen LogP contribution in [0, 0.1) is 6.92 Å². The lowest BCUT2D eigenvalue weighted by Crippen LogP contribution is -2.28. The third kappa shape index (κ3) is 3.99. The van der Waals surface area contributed by atoms with E-state index in [0.29, 0.717) is 6.54 Å². The Morgan fingerprint density at radius 2 is 1.68 bits per heavy atom. The van der Waals surface area contributed by atoms with Crippen molar-refractivity contribution in [3.63, 3.8) is 0 Å². The third-order valence-electron chi connectivity index (χ3n) is 4.55. The Morgan fingerprint density at radius 3 is 2.50 bits per heavy atom. The Kier molecular flexibility index (Phi) is 4.97. The summed E-state index contributed by atoms with van der Waals surface area (Å²) in [6.07, 6.45) is 3.56. The predicted octanol–water partition coefficient (Wildman–Crippen LogP) is 4.93. The Bertz CT molecular complexity index is 1120. The van der Waals surface area contributed by atoms with Gasteiger partial charge in [-0.15, -0.1) is 0 Å². The Balaban J connectivity index is 1.40. The van der Waals surface area contributed by atoms with Crippen molar-refractivity contribution in [2.45, 2.75) is 13.5 Å². The number of para-hydroxylation sites is 1. The van der Waals surface area contributed by atoms with Crippen LogP contribution in [0.15, 0.2) is 79.1 Å². The number of urea groups is 1. The average Bonchev–Trinajstić information content (AvgIpc) is 2.73. The quantitative estimate of drug-likeness (QED) is 0.537. The van der Waals surface area contributed by atoms with Gasteiger partial charge in [-0.1, -0.05) is 30.3 Å². The molecule has 4 rings (SSSR count). The van der Waals surface area contributed by atoms with Crippen LogP contribution in [0.3, 0.4) is 0 Å². The van der Waals surface area contributed by atoms with Gasteiger partial charge >= 0.3 is 6.03 Å². The van der Waals surface area contributed by atoms with E-state index in [1.54, 1.807) is 12.4 Å². The van der Waals surface area contributed by atoms with Crippen molar-refractivity contribution < 1.29 is 4.79 Å². The molecule has 0 bridgehead atoms. The van der Waals surface area contributed by atoms with Gasteiger partial charge in [0.05, 0.1) is 5.52 Å². The summed E-state index contributed by atoms with van der Waals surface area (Å²) >= 11 is 0. The molecule has 4 aromatic rings. The normalized spacial score (nSPS) is 10.6. The summed E-state index contributed by atoms with van der Waals surface area (Å²) in [5.41, 5.74) is 5.86. The van der Waals surface area contributed by atoms with Gasteiger partial charge in [-0.05, 0) is 60.0 Å². The first-order chi connectivity index (χ1) is 13.7.